The van der Waals surface area contributed by atoms with Gasteiger partial charge in [0.1, 0.15) is 6.61 Å². The highest BCUT2D eigenvalue weighted by Gasteiger charge is 2.41. The van der Waals surface area contributed by atoms with Crippen molar-refractivity contribution in [2.75, 3.05) is 25.1 Å². The molecule has 0 aromatic heterocycles. The van der Waals surface area contributed by atoms with Crippen LogP contribution in [0.15, 0.2) is 0 Å². The van der Waals surface area contributed by atoms with Crippen LogP contribution >= 0.6 is 15.9 Å². The number of amides is 1. The van der Waals surface area contributed by atoms with Crippen LogP contribution in [0, 0.1) is 5.41 Å². The number of halogens is 1. The number of hydrogen-bond acceptors (Lipinski definition) is 2. The molecule has 0 unspecified atom stereocenters. The lowest BCUT2D eigenvalue weighted by Gasteiger charge is -2.14. The molecule has 3 nitrogen and oxygen atoms in total. The van der Waals surface area contributed by atoms with Crippen LogP contribution in [-0.2, 0) is 9.53 Å². The smallest absolute Gasteiger partial charge is 0.246 e. The van der Waals surface area contributed by atoms with Crippen LogP contribution in [0.4, 0.5) is 0 Å². The molecule has 88 valence electrons. The highest BCUT2D eigenvalue weighted by atomic mass is 79.9. The third-order valence-corrected chi connectivity index (χ3v) is 3.22. The molecule has 0 saturated heterocycles. The summed E-state index contributed by atoms with van der Waals surface area (Å²) in [5.41, 5.74) is 0.393. The van der Waals surface area contributed by atoms with Crippen molar-refractivity contribution in [2.24, 2.45) is 5.41 Å². The maximum atomic E-state index is 11.3. The first kappa shape index (κ1) is 13.0. The quantitative estimate of drug-likeness (QED) is 0.545. The average Bonchev–Trinajstić information content (AvgIpc) is 2.97. The zero-order valence-corrected chi connectivity index (χ0v) is 10.9. The summed E-state index contributed by atoms with van der Waals surface area (Å²) in [7, 11) is 0. The van der Waals surface area contributed by atoms with E-state index in [1.54, 1.807) is 0 Å². The van der Waals surface area contributed by atoms with Crippen molar-refractivity contribution in [3.05, 3.63) is 0 Å². The lowest BCUT2D eigenvalue weighted by Crippen LogP contribution is -2.33. The van der Waals surface area contributed by atoms with Gasteiger partial charge in [0.25, 0.3) is 0 Å². The molecule has 1 saturated carbocycles. The monoisotopic (exact) mass is 277 g/mol. The minimum atomic E-state index is 0.0179. The van der Waals surface area contributed by atoms with Crippen molar-refractivity contribution < 1.29 is 9.53 Å². The summed E-state index contributed by atoms with van der Waals surface area (Å²) in [5, 5.41) is 3.97. The van der Waals surface area contributed by atoms with Gasteiger partial charge in [0.05, 0.1) is 0 Å². The predicted molar refractivity (Wildman–Crippen MR) is 64.2 cm³/mol. The molecule has 0 radical (unpaired) electrons. The van der Waals surface area contributed by atoms with E-state index in [1.807, 2.05) is 6.92 Å². The fourth-order valence-corrected chi connectivity index (χ4v) is 2.38. The third-order valence-electron chi connectivity index (χ3n) is 2.82. The second kappa shape index (κ2) is 6.48. The predicted octanol–water partition coefficient (Wildman–Crippen LogP) is 2.09. The topological polar surface area (TPSA) is 38.3 Å². The van der Waals surface area contributed by atoms with Crippen molar-refractivity contribution in [1.82, 2.24) is 5.32 Å². The first-order valence-corrected chi connectivity index (χ1v) is 6.75. The first-order chi connectivity index (χ1) is 7.22. The van der Waals surface area contributed by atoms with Crippen molar-refractivity contribution in [3.8, 4) is 0 Å². The Morgan fingerprint density at radius 1 is 1.53 bits per heavy atom. The number of hydrogen-bond donors (Lipinski definition) is 1. The summed E-state index contributed by atoms with van der Waals surface area (Å²) in [6.45, 7) is 3.72. The van der Waals surface area contributed by atoms with Gasteiger partial charge in [0, 0.05) is 18.5 Å². The van der Waals surface area contributed by atoms with Crippen molar-refractivity contribution in [3.63, 3.8) is 0 Å². The number of carbonyl (C=O) groups excluding carboxylic acids is 1. The Morgan fingerprint density at radius 2 is 2.27 bits per heavy atom. The first-order valence-electron chi connectivity index (χ1n) is 5.63. The number of alkyl halides is 1. The van der Waals surface area contributed by atoms with Gasteiger partial charge in [0.2, 0.25) is 5.91 Å². The second-order valence-corrected chi connectivity index (χ2v) is 5.06. The minimum Gasteiger partial charge on any atom is -0.372 e. The standard InChI is InChI=1S/C11H20BrNO2/c1-2-7-15-8-10(14)13-9-11(3-4-11)5-6-12/h2-9H2,1H3,(H,13,14). The Kier molecular flexibility index (Phi) is 5.61. The molecule has 0 heterocycles. The second-order valence-electron chi connectivity index (χ2n) is 4.27. The molecule has 0 spiro atoms. The van der Waals surface area contributed by atoms with Crippen LogP contribution in [0.3, 0.4) is 0 Å². The average molecular weight is 278 g/mol. The van der Waals surface area contributed by atoms with Gasteiger partial charge in [-0.15, -0.1) is 0 Å². The van der Waals surface area contributed by atoms with Crippen LogP contribution in [0.25, 0.3) is 0 Å². The summed E-state index contributed by atoms with van der Waals surface area (Å²) in [5.74, 6) is 0.0179. The SMILES string of the molecule is CCCOCC(=O)NCC1(CCBr)CC1. The minimum absolute atomic E-state index is 0.0179. The van der Waals surface area contributed by atoms with E-state index in [0.717, 1.165) is 24.7 Å². The highest BCUT2D eigenvalue weighted by Crippen LogP contribution is 2.48. The summed E-state index contributed by atoms with van der Waals surface area (Å²) >= 11 is 3.45. The molecule has 0 aromatic carbocycles. The van der Waals surface area contributed by atoms with Gasteiger partial charge in [-0.2, -0.15) is 0 Å². The zero-order chi connectivity index (χ0) is 11.1. The third kappa shape index (κ3) is 4.98. The molecule has 1 rings (SSSR count). The molecule has 1 N–H and O–H groups in total. The Balaban J connectivity index is 2.06. The van der Waals surface area contributed by atoms with E-state index >= 15 is 0 Å². The van der Waals surface area contributed by atoms with Gasteiger partial charge in [-0.1, -0.05) is 22.9 Å². The fourth-order valence-electron chi connectivity index (χ4n) is 1.54. The van der Waals surface area contributed by atoms with Gasteiger partial charge >= 0.3 is 0 Å². The molecule has 0 aliphatic heterocycles. The molecular formula is C11H20BrNO2. The van der Waals surface area contributed by atoms with Crippen LogP contribution in [0.2, 0.25) is 0 Å². The largest absolute Gasteiger partial charge is 0.372 e. The summed E-state index contributed by atoms with van der Waals surface area (Å²) in [6.07, 6.45) is 4.60. The molecule has 1 aliphatic rings. The van der Waals surface area contributed by atoms with E-state index in [9.17, 15) is 4.79 Å². The van der Waals surface area contributed by atoms with Gasteiger partial charge in [-0.3, -0.25) is 4.79 Å². The van der Waals surface area contributed by atoms with Gasteiger partial charge < -0.3 is 10.1 Å². The lowest BCUT2D eigenvalue weighted by atomic mass is 10.0. The van der Waals surface area contributed by atoms with Gasteiger partial charge in [0.15, 0.2) is 0 Å². The van der Waals surface area contributed by atoms with Gasteiger partial charge in [-0.25, -0.2) is 0 Å². The Labute approximate surface area is 100 Å². The zero-order valence-electron chi connectivity index (χ0n) is 9.35. The fraction of sp³-hybridized carbons (Fsp3) is 0.909. The Hall–Kier alpha value is -0.0900. The number of rotatable bonds is 8. The molecular weight excluding hydrogens is 258 g/mol. The van der Waals surface area contributed by atoms with Gasteiger partial charge in [-0.05, 0) is 31.1 Å². The van der Waals surface area contributed by atoms with Crippen LogP contribution in [0.1, 0.15) is 32.6 Å². The van der Waals surface area contributed by atoms with Crippen molar-refractivity contribution >= 4 is 21.8 Å². The molecule has 4 heteroatoms. The van der Waals surface area contributed by atoms with E-state index in [2.05, 4.69) is 21.2 Å². The van der Waals surface area contributed by atoms with Crippen molar-refractivity contribution in [1.29, 1.82) is 0 Å². The molecule has 0 aromatic rings. The molecule has 0 atom stereocenters. The van der Waals surface area contributed by atoms with Crippen molar-refractivity contribution in [2.45, 2.75) is 32.6 Å². The van der Waals surface area contributed by atoms with E-state index < -0.39 is 0 Å². The normalized spacial score (nSPS) is 17.5. The maximum absolute atomic E-state index is 11.3. The van der Waals surface area contributed by atoms with E-state index in [-0.39, 0.29) is 12.5 Å². The van der Waals surface area contributed by atoms with E-state index in [1.165, 1.54) is 12.8 Å². The number of nitrogens with one attached hydrogen (secondary N) is 1. The number of ether oxygens (including phenoxy) is 1. The molecule has 15 heavy (non-hydrogen) atoms. The van der Waals surface area contributed by atoms with E-state index in [0.29, 0.717) is 12.0 Å². The highest BCUT2D eigenvalue weighted by molar-refractivity contribution is 9.09. The van der Waals surface area contributed by atoms with Crippen LogP contribution in [0.5, 0.6) is 0 Å². The maximum Gasteiger partial charge on any atom is 0.246 e. The van der Waals surface area contributed by atoms with Crippen LogP contribution in [-0.4, -0.2) is 31.0 Å². The van der Waals surface area contributed by atoms with Crippen LogP contribution < -0.4 is 5.32 Å². The molecule has 1 amide bonds. The summed E-state index contributed by atoms with van der Waals surface area (Å²) in [6, 6.07) is 0. The lowest BCUT2D eigenvalue weighted by molar-refractivity contribution is -0.125. The molecule has 1 aliphatic carbocycles. The summed E-state index contributed by atoms with van der Waals surface area (Å²) < 4.78 is 5.17. The van der Waals surface area contributed by atoms with E-state index in [4.69, 9.17) is 4.74 Å². The molecule has 1 fully saturated rings. The Bertz CT molecular complexity index is 205. The molecule has 0 bridgehead atoms. The Morgan fingerprint density at radius 3 is 2.80 bits per heavy atom. The number of carbonyl (C=O) groups is 1. The summed E-state index contributed by atoms with van der Waals surface area (Å²) in [4.78, 5) is 11.3.